The van der Waals surface area contributed by atoms with Crippen LogP contribution in [-0.4, -0.2) is 8.12 Å². The van der Waals surface area contributed by atoms with Crippen LogP contribution in [0.2, 0.25) is 0 Å². The van der Waals surface area contributed by atoms with Crippen LogP contribution in [-0.2, 0) is 23.8 Å². The van der Waals surface area contributed by atoms with Crippen LogP contribution in [0.1, 0.15) is 0 Å². The number of hydrogen-bond acceptors (Lipinski definition) is 2. The number of para-hydroxylation sites is 1. The van der Waals surface area contributed by atoms with E-state index in [0.29, 0.717) is 5.75 Å². The van der Waals surface area contributed by atoms with Crippen LogP contribution in [0, 0.1) is 0 Å². The van der Waals surface area contributed by atoms with E-state index in [9.17, 15) is 0 Å². The molecular formula is C6H7ClHgO2. The summed E-state index contributed by atoms with van der Waals surface area (Å²) in [4.78, 5) is 0. The number of hydrogen-bond donors (Lipinski definition) is 2. The van der Waals surface area contributed by atoms with Gasteiger partial charge in [0.15, 0.2) is 0 Å². The molecule has 52 valence electrons. The fourth-order valence-electron chi connectivity index (χ4n) is 0.428. The summed E-state index contributed by atoms with van der Waals surface area (Å²) in [5, 5.41) is 8.63. The third-order valence-corrected chi connectivity index (χ3v) is 0.756. The third-order valence-electron chi connectivity index (χ3n) is 0.756. The average molecular weight is 347 g/mol. The number of rotatable bonds is 0. The van der Waals surface area contributed by atoms with Gasteiger partial charge in [-0.25, -0.2) is 0 Å². The molecule has 0 aromatic heterocycles. The van der Waals surface area contributed by atoms with Crippen molar-refractivity contribution >= 4 is 8.25 Å². The van der Waals surface area contributed by atoms with Crippen LogP contribution in [0.25, 0.3) is 0 Å². The van der Waals surface area contributed by atoms with Crippen LogP contribution in [0.4, 0.5) is 0 Å². The molecular weight excluding hydrogens is 340 g/mol. The van der Waals surface area contributed by atoms with Crippen molar-refractivity contribution in [3.8, 4) is 5.75 Å². The van der Waals surface area contributed by atoms with Crippen molar-refractivity contribution in [2.45, 2.75) is 0 Å². The Kier molecular flexibility index (Phi) is 7.46. The molecule has 0 saturated carbocycles. The van der Waals surface area contributed by atoms with E-state index in [4.69, 9.17) is 16.4 Å². The summed E-state index contributed by atoms with van der Waals surface area (Å²) in [5.41, 5.74) is 0. The van der Waals surface area contributed by atoms with Gasteiger partial charge in [0.05, 0.1) is 0 Å². The van der Waals surface area contributed by atoms with Crippen LogP contribution in [0.5, 0.6) is 5.75 Å². The Balaban J connectivity index is 0.000000236. The predicted molar refractivity (Wildman–Crippen MR) is 36.2 cm³/mol. The molecule has 0 heterocycles. The third kappa shape index (κ3) is 6.33. The fourth-order valence-corrected chi connectivity index (χ4v) is 0.428. The van der Waals surface area contributed by atoms with Crippen LogP contribution >= 0.6 is 8.25 Å². The molecule has 0 amide bonds. The first-order chi connectivity index (χ1) is 4.81. The monoisotopic (exact) mass is 348 g/mol. The van der Waals surface area contributed by atoms with E-state index >= 15 is 0 Å². The summed E-state index contributed by atoms with van der Waals surface area (Å²) in [6, 6.07) is 8.71. The summed E-state index contributed by atoms with van der Waals surface area (Å²) < 4.78 is 7.56. The standard InChI is InChI=1S/C6H6O.ClH.Hg.H2O/c7-6-4-2-1-3-5-6;;;/h1-5,7H;1H;;1H2/q;;+2;/p-2. The zero-order valence-electron chi connectivity index (χ0n) is 5.37. The molecule has 0 atom stereocenters. The van der Waals surface area contributed by atoms with Crippen molar-refractivity contribution in [2.75, 3.05) is 0 Å². The Bertz CT molecular complexity index is 157. The minimum atomic E-state index is -1.61. The van der Waals surface area contributed by atoms with Gasteiger partial charge in [0.1, 0.15) is 5.75 Å². The molecule has 1 rings (SSSR count). The van der Waals surface area contributed by atoms with Gasteiger partial charge < -0.3 is 5.11 Å². The summed E-state index contributed by atoms with van der Waals surface area (Å²) >= 11 is -1.61. The predicted octanol–water partition coefficient (Wildman–Crippen LogP) is 1.52. The molecule has 1 aromatic carbocycles. The van der Waals surface area contributed by atoms with E-state index in [1.807, 2.05) is 6.07 Å². The first kappa shape index (κ1) is 10.2. The van der Waals surface area contributed by atoms with E-state index < -0.39 is 23.8 Å². The van der Waals surface area contributed by atoms with Crippen LogP contribution in [0.15, 0.2) is 30.3 Å². The maximum absolute atomic E-state index is 8.63. The normalized spacial score (nSPS) is 7.00. The second-order valence-electron chi connectivity index (χ2n) is 1.46. The van der Waals surface area contributed by atoms with Gasteiger partial charge in [0.25, 0.3) is 0 Å². The van der Waals surface area contributed by atoms with E-state index in [1.165, 1.54) is 0 Å². The van der Waals surface area contributed by atoms with Gasteiger partial charge in [0.2, 0.25) is 0 Å². The van der Waals surface area contributed by atoms with Gasteiger partial charge in [-0.3, -0.25) is 0 Å². The molecule has 0 unspecified atom stereocenters. The van der Waals surface area contributed by atoms with Gasteiger partial charge in [-0.2, -0.15) is 0 Å². The molecule has 0 bridgehead atoms. The number of aromatic hydroxyl groups is 1. The molecule has 10 heavy (non-hydrogen) atoms. The molecule has 4 heteroatoms. The molecule has 0 saturated heterocycles. The average Bonchev–Trinajstić information content (AvgIpc) is 1.91. The van der Waals surface area contributed by atoms with E-state index in [2.05, 4.69) is 0 Å². The van der Waals surface area contributed by atoms with Crippen molar-refractivity contribution in [1.82, 2.24) is 0 Å². The van der Waals surface area contributed by atoms with Gasteiger partial charge in [-0.1, -0.05) is 18.2 Å². The van der Waals surface area contributed by atoms with Gasteiger partial charge in [-0.05, 0) is 12.1 Å². The zero-order valence-corrected chi connectivity index (χ0v) is 11.6. The summed E-state index contributed by atoms with van der Waals surface area (Å²) in [7, 11) is 4.78. The Morgan fingerprint density at radius 2 is 1.60 bits per heavy atom. The van der Waals surface area contributed by atoms with Crippen molar-refractivity contribution < 1.29 is 31.9 Å². The number of phenols is 1. The molecule has 0 radical (unpaired) electrons. The molecule has 0 fully saturated rings. The summed E-state index contributed by atoms with van der Waals surface area (Å²) in [6.07, 6.45) is 0. The number of halogens is 1. The first-order valence-corrected chi connectivity index (χ1v) is 11.9. The quantitative estimate of drug-likeness (QED) is 0.699. The Morgan fingerprint density at radius 1 is 1.20 bits per heavy atom. The van der Waals surface area contributed by atoms with Gasteiger partial charge in [-0.15, -0.1) is 0 Å². The Morgan fingerprint density at radius 3 is 1.80 bits per heavy atom. The van der Waals surface area contributed by atoms with E-state index in [1.54, 1.807) is 24.3 Å². The van der Waals surface area contributed by atoms with Crippen molar-refractivity contribution in [1.29, 1.82) is 0 Å². The SMILES string of the molecule is Oc1ccccc1.[OH][Hg][Cl]. The molecule has 0 aliphatic rings. The molecule has 2 N–H and O–H groups in total. The zero-order chi connectivity index (χ0) is 7.82. The maximum atomic E-state index is 8.63. The number of phenolic OH excluding ortho intramolecular Hbond substituents is 1. The van der Waals surface area contributed by atoms with E-state index in [0.717, 1.165) is 0 Å². The van der Waals surface area contributed by atoms with Gasteiger partial charge in [0, 0.05) is 0 Å². The minimum absolute atomic E-state index is 0.322. The Hall–Kier alpha value is 0.205. The molecule has 1 aromatic rings. The van der Waals surface area contributed by atoms with Crippen molar-refractivity contribution in [2.24, 2.45) is 0 Å². The summed E-state index contributed by atoms with van der Waals surface area (Å²) in [5.74, 6) is 0.322. The molecule has 0 aliphatic carbocycles. The van der Waals surface area contributed by atoms with Crippen molar-refractivity contribution in [3.63, 3.8) is 0 Å². The molecule has 2 nitrogen and oxygen atoms in total. The topological polar surface area (TPSA) is 40.5 Å². The molecule has 0 spiro atoms. The van der Waals surface area contributed by atoms with Crippen LogP contribution < -0.4 is 0 Å². The molecule has 0 aliphatic heterocycles. The summed E-state index contributed by atoms with van der Waals surface area (Å²) in [6.45, 7) is 0. The van der Waals surface area contributed by atoms with E-state index in [-0.39, 0.29) is 0 Å². The van der Waals surface area contributed by atoms with Crippen LogP contribution in [0.3, 0.4) is 0 Å². The second kappa shape index (κ2) is 7.31. The fraction of sp³-hybridized carbons (Fsp3) is 0. The van der Waals surface area contributed by atoms with Gasteiger partial charge >= 0.3 is 35.1 Å². The second-order valence-corrected chi connectivity index (χ2v) is 4.48. The first-order valence-electron chi connectivity index (χ1n) is 2.72. The van der Waals surface area contributed by atoms with Crippen molar-refractivity contribution in [3.05, 3.63) is 30.3 Å². The Labute approximate surface area is 76.0 Å². The number of benzene rings is 1.